The highest BCUT2D eigenvalue weighted by Crippen LogP contribution is 2.22. The van der Waals surface area contributed by atoms with Crippen LogP contribution in [0.2, 0.25) is 0 Å². The molecule has 3 aromatic rings. The summed E-state index contributed by atoms with van der Waals surface area (Å²) in [7, 11) is -4.20. The molecule has 3 rings (SSSR count). The highest BCUT2D eigenvalue weighted by molar-refractivity contribution is 14.1. The van der Waals surface area contributed by atoms with E-state index in [1.54, 1.807) is 12.1 Å². The predicted molar refractivity (Wildman–Crippen MR) is 129 cm³/mol. The second-order valence-electron chi connectivity index (χ2n) is 6.49. The van der Waals surface area contributed by atoms with E-state index < -0.39 is 20.9 Å². The van der Waals surface area contributed by atoms with Crippen LogP contribution in [0.5, 0.6) is 5.75 Å². The van der Waals surface area contributed by atoms with E-state index in [4.69, 9.17) is 4.18 Å². The van der Waals surface area contributed by atoms with E-state index in [2.05, 4.69) is 27.9 Å². The van der Waals surface area contributed by atoms with Crippen LogP contribution in [0.3, 0.4) is 0 Å². The molecule has 0 heterocycles. The van der Waals surface area contributed by atoms with Crippen molar-refractivity contribution in [3.63, 3.8) is 0 Å². The molecule has 0 aliphatic rings. The molecule has 1 amide bonds. The minimum absolute atomic E-state index is 0.00708. The number of nitrogens with zero attached hydrogens (tertiary/aromatic N) is 2. The Bertz CT molecular complexity index is 1360. The molecule has 0 saturated carbocycles. The molecule has 3 aromatic carbocycles. The van der Waals surface area contributed by atoms with Gasteiger partial charge >= 0.3 is 10.1 Å². The Labute approximate surface area is 202 Å². The van der Waals surface area contributed by atoms with E-state index in [1.807, 2.05) is 18.2 Å². The van der Waals surface area contributed by atoms with Crippen molar-refractivity contribution in [1.82, 2.24) is 0 Å². The zero-order valence-electron chi connectivity index (χ0n) is 16.6. The Balaban J connectivity index is 1.72. The van der Waals surface area contributed by atoms with Crippen LogP contribution in [-0.2, 0) is 14.9 Å². The number of nitro benzene ring substituents is 1. The monoisotopic (exact) mass is 575 g/mol. The van der Waals surface area contributed by atoms with Crippen molar-refractivity contribution in [1.29, 1.82) is 5.26 Å². The fraction of sp³-hybridized carbons (Fsp3) is 0. The number of amides is 1. The van der Waals surface area contributed by atoms with Gasteiger partial charge in [-0.3, -0.25) is 14.9 Å². The van der Waals surface area contributed by atoms with Crippen molar-refractivity contribution >= 4 is 56.1 Å². The van der Waals surface area contributed by atoms with E-state index in [0.29, 0.717) is 11.3 Å². The second kappa shape index (κ2) is 10.2. The summed E-state index contributed by atoms with van der Waals surface area (Å²) in [5.74, 6) is -0.591. The maximum Gasteiger partial charge on any atom is 0.339 e. The van der Waals surface area contributed by atoms with Crippen LogP contribution >= 0.6 is 22.6 Å². The van der Waals surface area contributed by atoms with Gasteiger partial charge in [-0.05, 0) is 82.8 Å². The first-order valence-electron chi connectivity index (χ1n) is 9.16. The summed E-state index contributed by atoms with van der Waals surface area (Å²) in [6, 6.07) is 18.9. The number of nitrogens with one attached hydrogen (secondary N) is 1. The molecule has 1 N–H and O–H groups in total. The molecule has 0 bridgehead atoms. The van der Waals surface area contributed by atoms with Crippen molar-refractivity contribution in [3.05, 3.63) is 97.6 Å². The van der Waals surface area contributed by atoms with E-state index in [1.165, 1.54) is 30.3 Å². The smallest absolute Gasteiger partial charge is 0.339 e. The molecule has 0 aromatic heterocycles. The SMILES string of the molecule is N#C/C(=C/c1ccc(OS(=O)(=O)c2ccc([N+](=O)[O-])cc2)cc1)C(=O)Nc1ccc(I)cc1. The summed E-state index contributed by atoms with van der Waals surface area (Å²) in [5, 5.41) is 22.7. The average Bonchev–Trinajstić information content (AvgIpc) is 2.80. The second-order valence-corrected chi connectivity index (χ2v) is 9.28. The maximum atomic E-state index is 12.4. The Kier molecular flexibility index (Phi) is 7.41. The third-order valence-electron chi connectivity index (χ3n) is 4.20. The number of rotatable bonds is 7. The molecule has 0 spiro atoms. The number of non-ortho nitro benzene ring substituents is 1. The number of hydrogen-bond acceptors (Lipinski definition) is 7. The molecule has 0 aliphatic carbocycles. The molecule has 0 fully saturated rings. The number of anilines is 1. The summed E-state index contributed by atoms with van der Waals surface area (Å²) >= 11 is 2.13. The quantitative estimate of drug-likeness (QED) is 0.109. The number of benzene rings is 3. The number of nitro groups is 1. The van der Waals surface area contributed by atoms with Gasteiger partial charge in [0.05, 0.1) is 4.92 Å². The zero-order chi connectivity index (χ0) is 24.0. The Morgan fingerprint density at radius 2 is 1.64 bits per heavy atom. The van der Waals surface area contributed by atoms with Crippen molar-refractivity contribution in [2.75, 3.05) is 5.32 Å². The Morgan fingerprint density at radius 3 is 2.18 bits per heavy atom. The van der Waals surface area contributed by atoms with E-state index >= 15 is 0 Å². The Morgan fingerprint density at radius 1 is 1.03 bits per heavy atom. The van der Waals surface area contributed by atoms with Gasteiger partial charge in [0.25, 0.3) is 11.6 Å². The molecule has 33 heavy (non-hydrogen) atoms. The van der Waals surface area contributed by atoms with Crippen LogP contribution in [-0.4, -0.2) is 19.2 Å². The fourth-order valence-electron chi connectivity index (χ4n) is 2.58. The molecule has 0 unspecified atom stereocenters. The molecule has 9 nitrogen and oxygen atoms in total. The van der Waals surface area contributed by atoms with Gasteiger partial charge in [0.2, 0.25) is 0 Å². The van der Waals surface area contributed by atoms with Crippen molar-refractivity contribution in [3.8, 4) is 11.8 Å². The van der Waals surface area contributed by atoms with Crippen LogP contribution in [0, 0.1) is 25.0 Å². The van der Waals surface area contributed by atoms with Crippen molar-refractivity contribution < 1.29 is 22.3 Å². The summed E-state index contributed by atoms with van der Waals surface area (Å²) in [5.41, 5.74) is 0.635. The zero-order valence-corrected chi connectivity index (χ0v) is 19.6. The van der Waals surface area contributed by atoms with Crippen LogP contribution in [0.1, 0.15) is 5.56 Å². The number of halogens is 1. The van der Waals surface area contributed by atoms with Crippen molar-refractivity contribution in [2.45, 2.75) is 4.90 Å². The van der Waals surface area contributed by atoms with Crippen LogP contribution < -0.4 is 9.50 Å². The lowest BCUT2D eigenvalue weighted by molar-refractivity contribution is -0.384. The lowest BCUT2D eigenvalue weighted by atomic mass is 10.1. The average molecular weight is 575 g/mol. The lowest BCUT2D eigenvalue weighted by Gasteiger charge is -2.07. The largest absolute Gasteiger partial charge is 0.379 e. The Hall–Kier alpha value is -3.76. The van der Waals surface area contributed by atoms with Gasteiger partial charge < -0.3 is 9.50 Å². The summed E-state index contributed by atoms with van der Waals surface area (Å²) < 4.78 is 30.8. The molecule has 166 valence electrons. The van der Waals surface area contributed by atoms with Crippen LogP contribution in [0.25, 0.3) is 6.08 Å². The van der Waals surface area contributed by atoms with Gasteiger partial charge in [0, 0.05) is 21.4 Å². The molecule has 0 aliphatic heterocycles. The summed E-state index contributed by atoms with van der Waals surface area (Å²) in [4.78, 5) is 22.2. The maximum absolute atomic E-state index is 12.4. The van der Waals surface area contributed by atoms with Gasteiger partial charge in [-0.15, -0.1) is 0 Å². The first-order valence-corrected chi connectivity index (χ1v) is 11.6. The minimum atomic E-state index is -4.20. The predicted octanol–water partition coefficient (Wildman–Crippen LogP) is 4.51. The normalized spacial score (nSPS) is 11.3. The van der Waals surface area contributed by atoms with Gasteiger partial charge in [0.15, 0.2) is 0 Å². The lowest BCUT2D eigenvalue weighted by Crippen LogP contribution is -2.13. The molecule has 11 heteroatoms. The number of nitriles is 1. The first-order chi connectivity index (χ1) is 15.7. The topological polar surface area (TPSA) is 139 Å². The van der Waals surface area contributed by atoms with E-state index in [-0.39, 0.29) is 21.9 Å². The van der Waals surface area contributed by atoms with Crippen LogP contribution in [0.15, 0.2) is 83.3 Å². The molecule has 0 saturated heterocycles. The highest BCUT2D eigenvalue weighted by Gasteiger charge is 2.18. The minimum Gasteiger partial charge on any atom is -0.379 e. The summed E-state index contributed by atoms with van der Waals surface area (Å²) in [6.45, 7) is 0. The standard InChI is InChI=1S/C22H14IN3O6S/c23-17-3-5-18(6-4-17)25-22(27)16(14-24)13-15-1-9-20(10-2-15)32-33(30,31)21-11-7-19(8-12-21)26(28)29/h1-13H,(H,25,27)/b16-13-. The summed E-state index contributed by atoms with van der Waals surface area (Å²) in [6.07, 6.45) is 1.36. The molecule has 0 atom stereocenters. The van der Waals surface area contributed by atoms with E-state index in [0.717, 1.165) is 27.8 Å². The van der Waals surface area contributed by atoms with Gasteiger partial charge in [-0.1, -0.05) is 12.1 Å². The van der Waals surface area contributed by atoms with Crippen molar-refractivity contribution in [2.24, 2.45) is 0 Å². The number of hydrogen-bond donors (Lipinski definition) is 1. The third kappa shape index (κ3) is 6.37. The van der Waals surface area contributed by atoms with Crippen LogP contribution in [0.4, 0.5) is 11.4 Å². The molecular formula is C22H14IN3O6S. The van der Waals surface area contributed by atoms with Gasteiger partial charge in [0.1, 0.15) is 22.3 Å². The fourth-order valence-corrected chi connectivity index (χ4v) is 3.87. The molecular weight excluding hydrogens is 561 g/mol. The highest BCUT2D eigenvalue weighted by atomic mass is 127. The van der Waals surface area contributed by atoms with Gasteiger partial charge in [-0.2, -0.15) is 13.7 Å². The number of carbonyl (C=O) groups excluding carboxylic acids is 1. The van der Waals surface area contributed by atoms with Gasteiger partial charge in [-0.25, -0.2) is 0 Å². The van der Waals surface area contributed by atoms with E-state index in [9.17, 15) is 28.6 Å². The first kappa shape index (κ1) is 23.9. The number of carbonyl (C=O) groups is 1. The third-order valence-corrected chi connectivity index (χ3v) is 6.18. The molecule has 0 radical (unpaired) electrons.